The van der Waals surface area contributed by atoms with E-state index < -0.39 is 35.9 Å². The number of rotatable bonds is 15. The molecule has 3 heterocycles. The standard InChI is InChI=1S/C28H40N4O7S2/c1-15(2)22(32(6)25(34)8-19-11-38-12-19)10-23(39-18(5)33)27-31-21(14-41-27)26(35)30-20(7-16(3)28(36)37)9-24-29-17(4)13-40-24/h13-16,19-20,22-23H,7-12H2,1-6H3,(H,30,35)(H,36,37)/t16-,20+,22?,23?/m0/s1. The van der Waals surface area contributed by atoms with Crippen LogP contribution in [-0.2, 0) is 30.3 Å². The number of aryl methyl sites for hydroxylation is 1. The lowest BCUT2D eigenvalue weighted by molar-refractivity contribution is -0.149. The van der Waals surface area contributed by atoms with Crippen molar-refractivity contribution in [2.45, 2.75) is 78.5 Å². The molecule has 13 heteroatoms. The lowest BCUT2D eigenvalue weighted by Crippen LogP contribution is -2.44. The van der Waals surface area contributed by atoms with E-state index in [0.29, 0.717) is 37.5 Å². The highest BCUT2D eigenvalue weighted by molar-refractivity contribution is 7.10. The van der Waals surface area contributed by atoms with Crippen molar-refractivity contribution < 1.29 is 33.8 Å². The number of carbonyl (C=O) groups is 4. The Morgan fingerprint density at radius 3 is 2.39 bits per heavy atom. The number of carboxylic acids is 1. The van der Waals surface area contributed by atoms with E-state index in [-0.39, 0.29) is 35.9 Å². The average molecular weight is 609 g/mol. The van der Waals surface area contributed by atoms with Crippen LogP contribution in [0.5, 0.6) is 0 Å². The maximum Gasteiger partial charge on any atom is 0.306 e. The van der Waals surface area contributed by atoms with E-state index in [1.165, 1.54) is 29.6 Å². The van der Waals surface area contributed by atoms with Gasteiger partial charge in [-0.1, -0.05) is 20.8 Å². The van der Waals surface area contributed by atoms with Crippen molar-refractivity contribution >= 4 is 46.4 Å². The van der Waals surface area contributed by atoms with Crippen LogP contribution in [0.25, 0.3) is 0 Å². The van der Waals surface area contributed by atoms with Gasteiger partial charge in [0.1, 0.15) is 10.7 Å². The van der Waals surface area contributed by atoms with Gasteiger partial charge in [0, 0.05) is 67.7 Å². The van der Waals surface area contributed by atoms with Crippen molar-refractivity contribution in [3.8, 4) is 0 Å². The van der Waals surface area contributed by atoms with E-state index in [1.807, 2.05) is 26.2 Å². The fourth-order valence-electron chi connectivity index (χ4n) is 4.70. The number of amides is 2. The number of hydrogen-bond acceptors (Lipinski definition) is 10. The molecule has 2 amide bonds. The molecule has 1 aliphatic heterocycles. The van der Waals surface area contributed by atoms with Crippen molar-refractivity contribution in [3.05, 3.63) is 32.2 Å². The number of aliphatic carboxylic acids is 1. The van der Waals surface area contributed by atoms with Gasteiger partial charge >= 0.3 is 11.9 Å². The molecule has 0 aliphatic carbocycles. The second kappa shape index (κ2) is 14.8. The Morgan fingerprint density at radius 1 is 1.15 bits per heavy atom. The number of ether oxygens (including phenoxy) is 2. The van der Waals surface area contributed by atoms with Gasteiger partial charge in [0.15, 0.2) is 6.10 Å². The molecule has 2 aromatic rings. The van der Waals surface area contributed by atoms with Crippen molar-refractivity contribution in [1.82, 2.24) is 20.2 Å². The topological polar surface area (TPSA) is 148 Å². The van der Waals surface area contributed by atoms with Gasteiger partial charge in [-0.2, -0.15) is 0 Å². The van der Waals surface area contributed by atoms with E-state index in [9.17, 15) is 24.3 Å². The summed E-state index contributed by atoms with van der Waals surface area (Å²) >= 11 is 2.67. The molecule has 4 atom stereocenters. The summed E-state index contributed by atoms with van der Waals surface area (Å²) in [5.74, 6) is -2.22. The third kappa shape index (κ3) is 9.57. The van der Waals surface area contributed by atoms with Gasteiger partial charge in [0.25, 0.3) is 5.91 Å². The molecule has 3 rings (SSSR count). The smallest absolute Gasteiger partial charge is 0.306 e. The number of aromatic nitrogens is 2. The highest BCUT2D eigenvalue weighted by Crippen LogP contribution is 2.31. The first-order chi connectivity index (χ1) is 19.3. The van der Waals surface area contributed by atoms with Crippen molar-refractivity contribution in [3.63, 3.8) is 0 Å². The zero-order valence-corrected chi connectivity index (χ0v) is 26.0. The lowest BCUT2D eigenvalue weighted by Gasteiger charge is -2.35. The van der Waals surface area contributed by atoms with Crippen molar-refractivity contribution in [2.24, 2.45) is 17.8 Å². The fraction of sp³-hybridized carbons (Fsp3) is 0.643. The summed E-state index contributed by atoms with van der Waals surface area (Å²) in [7, 11) is 1.76. The number of hydrogen-bond donors (Lipinski definition) is 2. The van der Waals surface area contributed by atoms with E-state index in [4.69, 9.17) is 9.47 Å². The molecular formula is C28H40N4O7S2. The van der Waals surface area contributed by atoms with Gasteiger partial charge in [0.05, 0.1) is 24.1 Å². The molecule has 0 radical (unpaired) electrons. The highest BCUT2D eigenvalue weighted by atomic mass is 32.1. The monoisotopic (exact) mass is 608 g/mol. The van der Waals surface area contributed by atoms with Crippen LogP contribution < -0.4 is 5.32 Å². The van der Waals surface area contributed by atoms with Crippen LogP contribution in [0.15, 0.2) is 10.8 Å². The molecule has 1 aliphatic rings. The van der Waals surface area contributed by atoms with E-state index in [2.05, 4.69) is 15.3 Å². The van der Waals surface area contributed by atoms with E-state index >= 15 is 0 Å². The molecule has 1 fully saturated rings. The molecule has 226 valence electrons. The molecule has 11 nitrogen and oxygen atoms in total. The summed E-state index contributed by atoms with van der Waals surface area (Å²) in [5.41, 5.74) is 1.02. The van der Waals surface area contributed by atoms with Crippen molar-refractivity contribution in [2.75, 3.05) is 20.3 Å². The van der Waals surface area contributed by atoms with Crippen molar-refractivity contribution in [1.29, 1.82) is 0 Å². The number of esters is 1. The summed E-state index contributed by atoms with van der Waals surface area (Å²) in [6.07, 6.45) is 0.628. The van der Waals surface area contributed by atoms with Crippen LogP contribution in [0.1, 0.15) is 79.3 Å². The predicted molar refractivity (Wildman–Crippen MR) is 155 cm³/mol. The third-order valence-corrected chi connectivity index (χ3v) is 9.03. The predicted octanol–water partition coefficient (Wildman–Crippen LogP) is 3.87. The Morgan fingerprint density at radius 2 is 1.85 bits per heavy atom. The number of thiazole rings is 2. The van der Waals surface area contributed by atoms with Crippen LogP contribution in [0.4, 0.5) is 0 Å². The molecule has 0 aromatic carbocycles. The van der Waals surface area contributed by atoms with E-state index in [0.717, 1.165) is 10.7 Å². The summed E-state index contributed by atoms with van der Waals surface area (Å²) in [6.45, 7) is 10.00. The molecule has 1 saturated heterocycles. The second-order valence-electron chi connectivity index (χ2n) is 11.1. The normalized spacial score (nSPS) is 16.4. The van der Waals surface area contributed by atoms with Gasteiger partial charge in [-0.3, -0.25) is 19.2 Å². The molecule has 2 aromatic heterocycles. The van der Waals surface area contributed by atoms with Gasteiger partial charge in [0.2, 0.25) is 5.91 Å². The minimum Gasteiger partial charge on any atom is -0.481 e. The Labute approximate surface area is 248 Å². The molecule has 2 N–H and O–H groups in total. The van der Waals surface area contributed by atoms with Gasteiger partial charge in [-0.15, -0.1) is 22.7 Å². The Bertz CT molecular complexity index is 1210. The minimum atomic E-state index is -0.941. The minimum absolute atomic E-state index is 0.00911. The first-order valence-electron chi connectivity index (χ1n) is 13.7. The summed E-state index contributed by atoms with van der Waals surface area (Å²) in [4.78, 5) is 60.4. The highest BCUT2D eigenvalue weighted by Gasteiger charge is 2.33. The molecule has 0 saturated carbocycles. The van der Waals surface area contributed by atoms with Gasteiger partial charge in [-0.05, 0) is 19.3 Å². The molecule has 0 bridgehead atoms. The largest absolute Gasteiger partial charge is 0.481 e. The van der Waals surface area contributed by atoms with Crippen LogP contribution >= 0.6 is 22.7 Å². The van der Waals surface area contributed by atoms with Crippen LogP contribution in [-0.4, -0.2) is 76.1 Å². The number of nitrogens with zero attached hydrogens (tertiary/aromatic N) is 3. The van der Waals surface area contributed by atoms with Crippen LogP contribution in [0, 0.1) is 24.7 Å². The zero-order valence-electron chi connectivity index (χ0n) is 24.4. The third-order valence-electron chi connectivity index (χ3n) is 7.11. The average Bonchev–Trinajstić information content (AvgIpc) is 3.52. The Balaban J connectivity index is 1.74. The Hall–Kier alpha value is -2.90. The van der Waals surface area contributed by atoms with E-state index in [1.54, 1.807) is 24.3 Å². The zero-order chi connectivity index (χ0) is 30.3. The maximum absolute atomic E-state index is 13.2. The summed E-state index contributed by atoms with van der Waals surface area (Å²) in [6, 6.07) is -0.683. The fourth-order valence-corrected chi connectivity index (χ4v) is 6.39. The van der Waals surface area contributed by atoms with Gasteiger partial charge in [-0.25, -0.2) is 9.97 Å². The van der Waals surface area contributed by atoms with Gasteiger partial charge < -0.3 is 24.8 Å². The second-order valence-corrected chi connectivity index (χ2v) is 12.9. The summed E-state index contributed by atoms with van der Waals surface area (Å²) in [5, 5.41) is 17.1. The molecule has 2 unspecified atom stereocenters. The van der Waals surface area contributed by atoms with Crippen LogP contribution in [0.3, 0.4) is 0 Å². The molecule has 0 spiro atoms. The first kappa shape index (κ1) is 32.6. The Kier molecular flexibility index (Phi) is 11.8. The molecule has 41 heavy (non-hydrogen) atoms. The number of carbonyl (C=O) groups excluding carboxylic acids is 3. The quantitative estimate of drug-likeness (QED) is 0.288. The van der Waals surface area contributed by atoms with Crippen LogP contribution in [0.2, 0.25) is 0 Å². The number of carboxylic acid groups (broad SMARTS) is 1. The molecular weight excluding hydrogens is 568 g/mol. The SMILES string of the molecule is CC(=O)OC(CC(C(C)C)N(C)C(=O)CC1COC1)c1nc(C(=O)N[C@@H](Cc2nc(C)cs2)C[C@H](C)C(=O)O)cs1. The maximum atomic E-state index is 13.2. The number of nitrogens with one attached hydrogen (secondary N) is 1. The summed E-state index contributed by atoms with van der Waals surface area (Å²) < 4.78 is 10.8. The lowest BCUT2D eigenvalue weighted by atomic mass is 9.95. The first-order valence-corrected chi connectivity index (χ1v) is 15.5.